The Balaban J connectivity index is 1.78. The summed E-state index contributed by atoms with van der Waals surface area (Å²) in [6.45, 7) is 7.61. The number of rotatable bonds is 4. The number of hydrogen-bond donors (Lipinski definition) is 1. The zero-order valence-corrected chi connectivity index (χ0v) is 16.7. The Morgan fingerprint density at radius 3 is 2.65 bits per heavy atom. The molecule has 2 aromatic heterocycles. The van der Waals surface area contributed by atoms with Gasteiger partial charge in [0.2, 0.25) is 0 Å². The second kappa shape index (κ2) is 7.03. The third-order valence-electron chi connectivity index (χ3n) is 6.07. The second-order valence-electron chi connectivity index (χ2n) is 7.55. The molecule has 0 unspecified atom stereocenters. The van der Waals surface area contributed by atoms with Gasteiger partial charge in [0, 0.05) is 30.2 Å². The molecule has 2 aromatic rings. The zero-order valence-electron chi connectivity index (χ0n) is 15.9. The van der Waals surface area contributed by atoms with Gasteiger partial charge in [0.25, 0.3) is 0 Å². The Hall–Kier alpha value is -1.88. The highest BCUT2D eigenvalue weighted by atomic mass is 32.1. The van der Waals surface area contributed by atoms with Crippen molar-refractivity contribution in [3.63, 3.8) is 0 Å². The van der Waals surface area contributed by atoms with Crippen molar-refractivity contribution in [2.24, 2.45) is 0 Å². The predicted molar refractivity (Wildman–Crippen MR) is 109 cm³/mol. The summed E-state index contributed by atoms with van der Waals surface area (Å²) in [6.07, 6.45) is 7.18. The predicted octanol–water partition coefficient (Wildman–Crippen LogP) is 4.61. The highest BCUT2D eigenvalue weighted by Gasteiger charge is 2.40. The van der Waals surface area contributed by atoms with E-state index in [1.807, 2.05) is 12.3 Å². The lowest BCUT2D eigenvalue weighted by Gasteiger charge is -2.27. The van der Waals surface area contributed by atoms with Crippen LogP contribution in [0.2, 0.25) is 0 Å². The fourth-order valence-corrected chi connectivity index (χ4v) is 5.28. The quantitative estimate of drug-likeness (QED) is 0.799. The van der Waals surface area contributed by atoms with Crippen LogP contribution >= 0.6 is 12.2 Å². The van der Waals surface area contributed by atoms with E-state index in [1.165, 1.54) is 42.6 Å². The Morgan fingerprint density at radius 2 is 2.00 bits per heavy atom. The van der Waals surface area contributed by atoms with Crippen LogP contribution in [0.25, 0.3) is 0 Å². The van der Waals surface area contributed by atoms with E-state index in [1.54, 1.807) is 0 Å². The van der Waals surface area contributed by atoms with E-state index in [0.29, 0.717) is 6.04 Å². The molecule has 0 spiro atoms. The molecular formula is C21H28N4S. The van der Waals surface area contributed by atoms with Crippen molar-refractivity contribution < 1.29 is 0 Å². The van der Waals surface area contributed by atoms with E-state index in [4.69, 9.17) is 12.2 Å². The van der Waals surface area contributed by atoms with Crippen molar-refractivity contribution >= 4 is 17.3 Å². The maximum absolute atomic E-state index is 5.66. The number of aryl methyl sites for hydroxylation is 1. The largest absolute Gasteiger partial charge is 0.352 e. The van der Waals surface area contributed by atoms with Gasteiger partial charge < -0.3 is 14.8 Å². The van der Waals surface area contributed by atoms with Crippen molar-refractivity contribution in [1.29, 1.82) is 0 Å². The zero-order chi connectivity index (χ0) is 18.3. The van der Waals surface area contributed by atoms with Crippen molar-refractivity contribution in [3.8, 4) is 0 Å². The number of pyridine rings is 1. The third-order valence-corrected chi connectivity index (χ3v) is 6.42. The summed E-state index contributed by atoms with van der Waals surface area (Å²) < 4.78 is 2.58. The minimum Gasteiger partial charge on any atom is -0.352 e. The van der Waals surface area contributed by atoms with E-state index in [0.717, 1.165) is 17.4 Å². The maximum atomic E-state index is 5.66. The third kappa shape index (κ3) is 2.82. The molecule has 2 fully saturated rings. The smallest absolute Gasteiger partial charge is 0.170 e. The Bertz CT molecular complexity index is 792. The van der Waals surface area contributed by atoms with Gasteiger partial charge in [-0.2, -0.15) is 0 Å². The first-order valence-electron chi connectivity index (χ1n) is 9.78. The number of aromatic nitrogens is 2. The number of thiocarbonyl (C=S) groups is 1. The number of hydrogen-bond acceptors (Lipinski definition) is 2. The molecule has 26 heavy (non-hydrogen) atoms. The molecule has 138 valence electrons. The number of likely N-dealkylation sites (N-methyl/N-ethyl adjacent to an activating group) is 1. The van der Waals surface area contributed by atoms with Gasteiger partial charge in [-0.1, -0.05) is 18.9 Å². The van der Waals surface area contributed by atoms with Gasteiger partial charge in [0.1, 0.15) is 0 Å². The highest BCUT2D eigenvalue weighted by Crippen LogP contribution is 2.42. The molecule has 0 bridgehead atoms. The first kappa shape index (κ1) is 17.5. The molecule has 0 radical (unpaired) electrons. The highest BCUT2D eigenvalue weighted by molar-refractivity contribution is 7.80. The summed E-state index contributed by atoms with van der Waals surface area (Å²) in [5.41, 5.74) is 5.21. The lowest BCUT2D eigenvalue weighted by atomic mass is 9.97. The maximum Gasteiger partial charge on any atom is 0.170 e. The van der Waals surface area contributed by atoms with E-state index < -0.39 is 0 Å². The lowest BCUT2D eigenvalue weighted by Crippen LogP contribution is -2.29. The molecular weight excluding hydrogens is 340 g/mol. The molecule has 1 N–H and O–H groups in total. The molecule has 1 aliphatic heterocycles. The molecule has 2 atom stereocenters. The molecule has 2 aliphatic rings. The molecule has 1 aliphatic carbocycles. The fourth-order valence-electron chi connectivity index (χ4n) is 4.91. The summed E-state index contributed by atoms with van der Waals surface area (Å²) in [5.74, 6) is 0. The van der Waals surface area contributed by atoms with E-state index >= 15 is 0 Å². The first-order valence-corrected chi connectivity index (χ1v) is 10.2. The minimum atomic E-state index is 0.0983. The van der Waals surface area contributed by atoms with Crippen LogP contribution in [0, 0.1) is 13.8 Å². The Labute approximate surface area is 161 Å². The van der Waals surface area contributed by atoms with E-state index in [-0.39, 0.29) is 12.1 Å². The molecule has 3 heterocycles. The number of nitrogens with one attached hydrogen (secondary N) is 1. The van der Waals surface area contributed by atoms with Crippen molar-refractivity contribution in [3.05, 3.63) is 53.1 Å². The summed E-state index contributed by atoms with van der Waals surface area (Å²) >= 11 is 5.66. The first-order chi connectivity index (χ1) is 12.6. The minimum absolute atomic E-state index is 0.0983. The van der Waals surface area contributed by atoms with Gasteiger partial charge in [-0.15, -0.1) is 0 Å². The SMILES string of the molecule is CCN1C(=S)N[C@H](c2ccccn2)[C@H]1c1cc(C)n(C2CCCC2)c1C. The molecule has 1 saturated carbocycles. The van der Waals surface area contributed by atoms with Gasteiger partial charge in [-0.3, -0.25) is 4.98 Å². The van der Waals surface area contributed by atoms with E-state index in [9.17, 15) is 0 Å². The molecule has 4 nitrogen and oxygen atoms in total. The monoisotopic (exact) mass is 368 g/mol. The average Bonchev–Trinajstić information content (AvgIpc) is 3.34. The summed E-state index contributed by atoms with van der Waals surface area (Å²) in [5, 5.41) is 4.36. The second-order valence-corrected chi connectivity index (χ2v) is 7.93. The molecule has 1 saturated heterocycles. The normalized spacial score (nSPS) is 23.7. The van der Waals surface area contributed by atoms with Crippen LogP contribution in [-0.4, -0.2) is 26.1 Å². The van der Waals surface area contributed by atoms with Gasteiger partial charge in [-0.25, -0.2) is 0 Å². The van der Waals surface area contributed by atoms with Crippen molar-refractivity contribution in [2.45, 2.75) is 64.6 Å². The van der Waals surface area contributed by atoms with Gasteiger partial charge in [0.15, 0.2) is 5.11 Å². The topological polar surface area (TPSA) is 33.1 Å². The Kier molecular flexibility index (Phi) is 4.74. The van der Waals surface area contributed by atoms with Crippen molar-refractivity contribution in [2.75, 3.05) is 6.54 Å². The average molecular weight is 369 g/mol. The van der Waals surface area contributed by atoms with Crippen LogP contribution < -0.4 is 5.32 Å². The summed E-state index contributed by atoms with van der Waals surface area (Å²) in [7, 11) is 0. The molecule has 0 amide bonds. The van der Waals surface area contributed by atoms with Crippen LogP contribution in [0.3, 0.4) is 0 Å². The molecule has 5 heteroatoms. The summed E-state index contributed by atoms with van der Waals surface area (Å²) in [4.78, 5) is 6.94. The van der Waals surface area contributed by atoms with Crippen molar-refractivity contribution in [1.82, 2.24) is 19.8 Å². The number of nitrogens with zero attached hydrogens (tertiary/aromatic N) is 3. The fraction of sp³-hybridized carbons (Fsp3) is 0.524. The molecule has 0 aromatic carbocycles. The van der Waals surface area contributed by atoms with Crippen LogP contribution in [0.4, 0.5) is 0 Å². The molecule has 4 rings (SSSR count). The van der Waals surface area contributed by atoms with Gasteiger partial charge in [0.05, 0.1) is 17.8 Å². The van der Waals surface area contributed by atoms with Gasteiger partial charge in [-0.05, 0) is 69.6 Å². The van der Waals surface area contributed by atoms with Crippen LogP contribution in [-0.2, 0) is 0 Å². The standard InChI is InChI=1S/C21H28N4S/c1-4-24-20(19(23-21(24)26)18-11-7-8-12-22-18)17-13-14(2)25(15(17)3)16-9-5-6-10-16/h7-8,11-13,16,19-20H,4-6,9-10H2,1-3H3,(H,23,26)/t19-,20-/m1/s1. The van der Waals surface area contributed by atoms with Crippen LogP contribution in [0.15, 0.2) is 30.5 Å². The Morgan fingerprint density at radius 1 is 1.23 bits per heavy atom. The van der Waals surface area contributed by atoms with E-state index in [2.05, 4.69) is 58.7 Å². The van der Waals surface area contributed by atoms with Crippen LogP contribution in [0.5, 0.6) is 0 Å². The van der Waals surface area contributed by atoms with Crippen LogP contribution in [0.1, 0.15) is 73.4 Å². The van der Waals surface area contributed by atoms with Gasteiger partial charge >= 0.3 is 0 Å². The lowest BCUT2D eigenvalue weighted by molar-refractivity contribution is 0.328. The summed E-state index contributed by atoms with van der Waals surface area (Å²) in [6, 6.07) is 9.46.